The SMILES string of the molecule is CCN(CC)c1ccc(C2/C(=C(\O)c3ccccc3)C(=O)C(=O)N2c2cc(C)ccc2O)cc1. The van der Waals surface area contributed by atoms with Crippen LogP contribution >= 0.6 is 0 Å². The predicted molar refractivity (Wildman–Crippen MR) is 134 cm³/mol. The number of hydrogen-bond donors (Lipinski definition) is 2. The highest BCUT2D eigenvalue weighted by atomic mass is 16.3. The molecule has 1 atom stereocenters. The maximum Gasteiger partial charge on any atom is 0.300 e. The first-order valence-electron chi connectivity index (χ1n) is 11.4. The summed E-state index contributed by atoms with van der Waals surface area (Å²) in [6.45, 7) is 7.69. The Kier molecular flexibility index (Phi) is 6.41. The summed E-state index contributed by atoms with van der Waals surface area (Å²) >= 11 is 0. The quantitative estimate of drug-likeness (QED) is 0.304. The summed E-state index contributed by atoms with van der Waals surface area (Å²) in [5.41, 5.74) is 3.17. The number of carbonyl (C=O) groups is 2. The van der Waals surface area contributed by atoms with Crippen molar-refractivity contribution >= 4 is 28.8 Å². The molecule has 6 heteroatoms. The molecule has 1 fully saturated rings. The van der Waals surface area contributed by atoms with Crippen LogP contribution in [0.15, 0.2) is 78.4 Å². The zero-order valence-electron chi connectivity index (χ0n) is 19.5. The minimum absolute atomic E-state index is 0.00676. The molecule has 0 aliphatic carbocycles. The summed E-state index contributed by atoms with van der Waals surface area (Å²) in [6.07, 6.45) is 0. The zero-order valence-corrected chi connectivity index (χ0v) is 19.5. The number of benzene rings is 3. The Labute approximate surface area is 199 Å². The van der Waals surface area contributed by atoms with E-state index in [0.29, 0.717) is 11.1 Å². The number of aliphatic hydroxyl groups is 1. The van der Waals surface area contributed by atoms with Crippen LogP contribution in [0.25, 0.3) is 5.76 Å². The smallest absolute Gasteiger partial charge is 0.300 e. The number of aryl methyl sites for hydroxylation is 1. The molecule has 0 radical (unpaired) electrons. The van der Waals surface area contributed by atoms with Crippen LogP contribution in [0, 0.1) is 6.92 Å². The van der Waals surface area contributed by atoms with Gasteiger partial charge in [-0.15, -0.1) is 0 Å². The highest BCUT2D eigenvalue weighted by molar-refractivity contribution is 6.51. The topological polar surface area (TPSA) is 81.1 Å². The maximum atomic E-state index is 13.3. The Balaban J connectivity index is 1.93. The molecule has 34 heavy (non-hydrogen) atoms. The molecule has 0 spiro atoms. The van der Waals surface area contributed by atoms with Gasteiger partial charge in [0, 0.05) is 24.3 Å². The van der Waals surface area contributed by atoms with Gasteiger partial charge in [-0.1, -0.05) is 48.5 Å². The predicted octanol–water partition coefficient (Wildman–Crippen LogP) is 5.17. The van der Waals surface area contributed by atoms with Gasteiger partial charge in [0.25, 0.3) is 11.7 Å². The van der Waals surface area contributed by atoms with Crippen LogP contribution in [0.5, 0.6) is 5.75 Å². The molecule has 1 saturated heterocycles. The van der Waals surface area contributed by atoms with Crippen molar-refractivity contribution in [3.05, 3.63) is 95.1 Å². The molecule has 0 bridgehead atoms. The Bertz CT molecular complexity index is 1250. The fraction of sp³-hybridized carbons (Fsp3) is 0.214. The summed E-state index contributed by atoms with van der Waals surface area (Å²) in [5.74, 6) is -1.94. The van der Waals surface area contributed by atoms with Gasteiger partial charge in [0.05, 0.1) is 17.3 Å². The van der Waals surface area contributed by atoms with Crippen LogP contribution in [0.3, 0.4) is 0 Å². The highest BCUT2D eigenvalue weighted by Gasteiger charge is 2.47. The van der Waals surface area contributed by atoms with Crippen LogP contribution in [-0.4, -0.2) is 35.0 Å². The third-order valence-electron chi connectivity index (χ3n) is 6.22. The molecule has 0 aromatic heterocycles. The second-order valence-electron chi connectivity index (χ2n) is 8.29. The monoisotopic (exact) mass is 456 g/mol. The summed E-state index contributed by atoms with van der Waals surface area (Å²) in [7, 11) is 0. The van der Waals surface area contributed by atoms with E-state index in [1.54, 1.807) is 36.4 Å². The second-order valence-corrected chi connectivity index (χ2v) is 8.29. The van der Waals surface area contributed by atoms with Gasteiger partial charge in [0.15, 0.2) is 0 Å². The van der Waals surface area contributed by atoms with E-state index in [4.69, 9.17) is 0 Å². The molecule has 4 rings (SSSR count). The molecule has 1 aliphatic rings. The fourth-order valence-electron chi connectivity index (χ4n) is 4.43. The Morgan fingerprint density at radius 3 is 2.21 bits per heavy atom. The first-order chi connectivity index (χ1) is 16.4. The number of hydrogen-bond acceptors (Lipinski definition) is 5. The van der Waals surface area contributed by atoms with Crippen molar-refractivity contribution in [1.29, 1.82) is 0 Å². The number of phenols is 1. The molecule has 0 saturated carbocycles. The van der Waals surface area contributed by atoms with E-state index in [-0.39, 0.29) is 22.8 Å². The van der Waals surface area contributed by atoms with E-state index in [9.17, 15) is 19.8 Å². The van der Waals surface area contributed by atoms with Crippen LogP contribution in [0.4, 0.5) is 11.4 Å². The van der Waals surface area contributed by atoms with E-state index < -0.39 is 17.7 Å². The average molecular weight is 457 g/mol. The van der Waals surface area contributed by atoms with E-state index in [2.05, 4.69) is 18.7 Å². The van der Waals surface area contributed by atoms with Crippen molar-refractivity contribution in [3.63, 3.8) is 0 Å². The summed E-state index contributed by atoms with van der Waals surface area (Å²) in [4.78, 5) is 30.0. The number of nitrogens with zero attached hydrogens (tertiary/aromatic N) is 2. The Morgan fingerprint density at radius 2 is 1.59 bits per heavy atom. The van der Waals surface area contributed by atoms with Gasteiger partial charge in [0.2, 0.25) is 0 Å². The van der Waals surface area contributed by atoms with Gasteiger partial charge in [-0.25, -0.2) is 0 Å². The van der Waals surface area contributed by atoms with Crippen LogP contribution in [0.2, 0.25) is 0 Å². The van der Waals surface area contributed by atoms with Crippen molar-refractivity contribution in [2.45, 2.75) is 26.8 Å². The number of aliphatic hydroxyl groups excluding tert-OH is 1. The fourth-order valence-corrected chi connectivity index (χ4v) is 4.43. The molecule has 3 aromatic carbocycles. The van der Waals surface area contributed by atoms with Crippen molar-refractivity contribution in [2.24, 2.45) is 0 Å². The molecule has 1 unspecified atom stereocenters. The third kappa shape index (κ3) is 4.03. The van der Waals surface area contributed by atoms with Crippen molar-refractivity contribution in [2.75, 3.05) is 22.9 Å². The highest BCUT2D eigenvalue weighted by Crippen LogP contribution is 2.45. The molecular weight excluding hydrogens is 428 g/mol. The van der Waals surface area contributed by atoms with Gasteiger partial charge < -0.3 is 15.1 Å². The maximum absolute atomic E-state index is 13.3. The largest absolute Gasteiger partial charge is 0.507 e. The first kappa shape index (κ1) is 23.1. The summed E-state index contributed by atoms with van der Waals surface area (Å²) < 4.78 is 0. The number of anilines is 2. The van der Waals surface area contributed by atoms with Gasteiger partial charge in [-0.2, -0.15) is 0 Å². The van der Waals surface area contributed by atoms with Gasteiger partial charge in [-0.05, 0) is 56.2 Å². The lowest BCUT2D eigenvalue weighted by molar-refractivity contribution is -0.132. The van der Waals surface area contributed by atoms with Gasteiger partial charge >= 0.3 is 0 Å². The van der Waals surface area contributed by atoms with Crippen molar-refractivity contribution in [3.8, 4) is 5.75 Å². The number of amides is 1. The van der Waals surface area contributed by atoms with E-state index in [1.807, 2.05) is 37.3 Å². The molecule has 1 aliphatic heterocycles. The molecule has 174 valence electrons. The number of ketones is 1. The molecule has 6 nitrogen and oxygen atoms in total. The van der Waals surface area contributed by atoms with Crippen LogP contribution in [-0.2, 0) is 9.59 Å². The third-order valence-corrected chi connectivity index (χ3v) is 6.22. The lowest BCUT2D eigenvalue weighted by Crippen LogP contribution is -2.29. The molecule has 1 amide bonds. The number of phenolic OH excluding ortho intramolecular Hbond substituents is 1. The average Bonchev–Trinajstić information content (AvgIpc) is 3.12. The molecule has 2 N–H and O–H groups in total. The first-order valence-corrected chi connectivity index (χ1v) is 11.4. The molecular formula is C28H28N2O4. The lowest BCUT2D eigenvalue weighted by Gasteiger charge is -2.27. The van der Waals surface area contributed by atoms with Crippen molar-refractivity contribution in [1.82, 2.24) is 0 Å². The Morgan fingerprint density at radius 1 is 0.941 bits per heavy atom. The second kappa shape index (κ2) is 9.43. The van der Waals surface area contributed by atoms with Crippen molar-refractivity contribution < 1.29 is 19.8 Å². The zero-order chi connectivity index (χ0) is 24.4. The van der Waals surface area contributed by atoms with Gasteiger partial charge in [-0.3, -0.25) is 14.5 Å². The van der Waals surface area contributed by atoms with E-state index >= 15 is 0 Å². The molecule has 3 aromatic rings. The number of aromatic hydroxyl groups is 1. The number of carbonyl (C=O) groups excluding carboxylic acids is 2. The van der Waals surface area contributed by atoms with Crippen LogP contribution in [0.1, 0.15) is 36.6 Å². The lowest BCUT2D eigenvalue weighted by atomic mass is 9.94. The normalized spacial score (nSPS) is 17.3. The van der Waals surface area contributed by atoms with E-state index in [1.165, 1.54) is 11.0 Å². The standard InChI is InChI=1S/C28H28N2O4/c1-4-29(5-2)21-14-12-19(13-15-21)25-24(26(32)20-9-7-6-8-10-20)27(33)28(34)30(25)22-17-18(3)11-16-23(22)31/h6-17,25,31-32H,4-5H2,1-3H3/b26-24+. The minimum atomic E-state index is -0.890. The van der Waals surface area contributed by atoms with E-state index in [0.717, 1.165) is 24.3 Å². The van der Waals surface area contributed by atoms with Crippen LogP contribution < -0.4 is 9.80 Å². The molecule has 1 heterocycles. The Hall–Kier alpha value is -4.06. The number of Topliss-reactive ketones (excluding diaryl/α,β-unsaturated/α-hetero) is 1. The number of rotatable bonds is 6. The van der Waals surface area contributed by atoms with Gasteiger partial charge in [0.1, 0.15) is 11.5 Å². The minimum Gasteiger partial charge on any atom is -0.507 e. The summed E-state index contributed by atoms with van der Waals surface area (Å²) in [5, 5.41) is 21.8. The summed E-state index contributed by atoms with van der Waals surface area (Å²) in [6, 6.07) is 20.3.